The molecular weight excluding hydrogens is 248 g/mol. The van der Waals surface area contributed by atoms with E-state index in [1.807, 2.05) is 0 Å². The van der Waals surface area contributed by atoms with E-state index in [-0.39, 0.29) is 0 Å². The summed E-state index contributed by atoms with van der Waals surface area (Å²) in [6.07, 6.45) is 2.44. The average Bonchev–Trinajstić information content (AvgIpc) is 2.36. The molecule has 1 fully saturated rings. The zero-order chi connectivity index (χ0) is 15.3. The molecule has 0 amide bonds. The van der Waals surface area contributed by atoms with E-state index in [1.165, 1.54) is 19.4 Å². The highest BCUT2D eigenvalue weighted by Gasteiger charge is 2.41. The Kier molecular flexibility index (Phi) is 6.96. The highest BCUT2D eigenvalue weighted by molar-refractivity contribution is 4.94. The molecule has 0 spiro atoms. The van der Waals surface area contributed by atoms with Crippen LogP contribution in [0.2, 0.25) is 0 Å². The normalized spacial score (nSPS) is 30.1. The van der Waals surface area contributed by atoms with E-state index < -0.39 is 0 Å². The summed E-state index contributed by atoms with van der Waals surface area (Å²) in [4.78, 5) is 2.59. The molecule has 3 unspecified atom stereocenters. The van der Waals surface area contributed by atoms with Crippen molar-refractivity contribution >= 4 is 0 Å². The summed E-state index contributed by atoms with van der Waals surface area (Å²) in [5.74, 6) is 2.05. The maximum absolute atomic E-state index is 6.27. The van der Waals surface area contributed by atoms with E-state index in [4.69, 9.17) is 10.5 Å². The fourth-order valence-corrected chi connectivity index (χ4v) is 3.57. The van der Waals surface area contributed by atoms with Crippen molar-refractivity contribution < 1.29 is 4.74 Å². The first kappa shape index (κ1) is 17.9. The summed E-state index contributed by atoms with van der Waals surface area (Å²) in [6.45, 7) is 16.0. The van der Waals surface area contributed by atoms with Crippen molar-refractivity contribution in [3.05, 3.63) is 0 Å². The molecule has 2 N–H and O–H groups in total. The Morgan fingerprint density at radius 3 is 2.50 bits per heavy atom. The van der Waals surface area contributed by atoms with Gasteiger partial charge in [-0.05, 0) is 36.0 Å². The zero-order valence-corrected chi connectivity index (χ0v) is 14.5. The molecule has 3 atom stereocenters. The molecule has 0 aromatic heterocycles. The van der Waals surface area contributed by atoms with Gasteiger partial charge in [-0.25, -0.2) is 0 Å². The van der Waals surface area contributed by atoms with Crippen molar-refractivity contribution in [3.63, 3.8) is 0 Å². The van der Waals surface area contributed by atoms with E-state index in [0.717, 1.165) is 25.6 Å². The average molecular weight is 284 g/mol. The van der Waals surface area contributed by atoms with Crippen LogP contribution in [0.4, 0.5) is 0 Å². The third kappa shape index (κ3) is 4.71. The van der Waals surface area contributed by atoms with Gasteiger partial charge in [0.15, 0.2) is 0 Å². The summed E-state index contributed by atoms with van der Waals surface area (Å²) >= 11 is 0. The van der Waals surface area contributed by atoms with Crippen LogP contribution in [-0.2, 0) is 4.74 Å². The van der Waals surface area contributed by atoms with E-state index in [9.17, 15) is 0 Å². The van der Waals surface area contributed by atoms with Crippen molar-refractivity contribution in [1.82, 2.24) is 4.90 Å². The summed E-state index contributed by atoms with van der Waals surface area (Å²) in [7, 11) is 1.79. The molecule has 120 valence electrons. The van der Waals surface area contributed by atoms with Crippen molar-refractivity contribution in [2.45, 2.75) is 53.5 Å². The van der Waals surface area contributed by atoms with Gasteiger partial charge in [-0.15, -0.1) is 0 Å². The molecule has 0 heterocycles. The predicted octanol–water partition coefficient (Wildman–Crippen LogP) is 2.99. The Morgan fingerprint density at radius 2 is 1.95 bits per heavy atom. The molecule has 0 saturated heterocycles. The third-order valence-electron chi connectivity index (χ3n) is 5.43. The van der Waals surface area contributed by atoms with Gasteiger partial charge in [-0.3, -0.25) is 0 Å². The molecule has 0 aromatic rings. The fraction of sp³-hybridized carbons (Fsp3) is 1.00. The van der Waals surface area contributed by atoms with Crippen molar-refractivity contribution in [3.8, 4) is 0 Å². The molecule has 20 heavy (non-hydrogen) atoms. The quantitative estimate of drug-likeness (QED) is 0.781. The van der Waals surface area contributed by atoms with Gasteiger partial charge in [0.2, 0.25) is 0 Å². The smallest absolute Gasteiger partial charge is 0.0589 e. The van der Waals surface area contributed by atoms with Crippen molar-refractivity contribution in [1.29, 1.82) is 0 Å². The molecule has 0 aromatic carbocycles. The number of methoxy groups -OCH3 is 1. The van der Waals surface area contributed by atoms with Gasteiger partial charge in [0.05, 0.1) is 6.61 Å². The molecule has 1 aliphatic rings. The van der Waals surface area contributed by atoms with Gasteiger partial charge < -0.3 is 15.4 Å². The lowest BCUT2D eigenvalue weighted by atomic mass is 9.61. The maximum atomic E-state index is 6.27. The minimum absolute atomic E-state index is 0.333. The lowest BCUT2D eigenvalue weighted by Gasteiger charge is -2.48. The lowest BCUT2D eigenvalue weighted by Crippen LogP contribution is -2.50. The first-order valence-electron chi connectivity index (χ1n) is 8.25. The number of hydrogen-bond acceptors (Lipinski definition) is 3. The van der Waals surface area contributed by atoms with Gasteiger partial charge >= 0.3 is 0 Å². The third-order valence-corrected chi connectivity index (χ3v) is 5.43. The summed E-state index contributed by atoms with van der Waals surface area (Å²) < 4.78 is 5.27. The Labute approximate surface area is 126 Å². The largest absolute Gasteiger partial charge is 0.383 e. The van der Waals surface area contributed by atoms with Crippen molar-refractivity contribution in [2.75, 3.05) is 33.4 Å². The predicted molar refractivity (Wildman–Crippen MR) is 86.8 cm³/mol. The van der Waals surface area contributed by atoms with Crippen LogP contribution in [0.15, 0.2) is 0 Å². The highest BCUT2D eigenvalue weighted by atomic mass is 16.5. The van der Waals surface area contributed by atoms with Crippen LogP contribution >= 0.6 is 0 Å². The van der Waals surface area contributed by atoms with E-state index in [0.29, 0.717) is 23.3 Å². The SMILES string of the molecule is COCCN(CC(C)C)CC1CCC(N)C(C)C1(C)C. The molecule has 0 radical (unpaired) electrons. The van der Waals surface area contributed by atoms with Crippen molar-refractivity contribution in [2.24, 2.45) is 28.9 Å². The standard InChI is InChI=1S/C17H36N2O/c1-13(2)11-19(9-10-20-6)12-15-7-8-16(18)14(3)17(15,4)5/h13-16H,7-12,18H2,1-6H3. The lowest BCUT2D eigenvalue weighted by molar-refractivity contribution is 0.0205. The van der Waals surface area contributed by atoms with E-state index in [1.54, 1.807) is 7.11 Å². The number of nitrogens with zero attached hydrogens (tertiary/aromatic N) is 1. The second kappa shape index (κ2) is 7.77. The van der Waals surface area contributed by atoms with E-state index in [2.05, 4.69) is 39.5 Å². The van der Waals surface area contributed by atoms with Crippen LogP contribution in [0, 0.1) is 23.2 Å². The Balaban J connectivity index is 2.66. The minimum Gasteiger partial charge on any atom is -0.383 e. The van der Waals surface area contributed by atoms with Gasteiger partial charge in [-0.1, -0.05) is 34.6 Å². The second-order valence-electron chi connectivity index (χ2n) is 7.69. The topological polar surface area (TPSA) is 38.5 Å². The van der Waals surface area contributed by atoms with Crippen LogP contribution in [0.1, 0.15) is 47.5 Å². The van der Waals surface area contributed by atoms with Gasteiger partial charge in [0.25, 0.3) is 0 Å². The highest BCUT2D eigenvalue weighted by Crippen LogP contribution is 2.44. The van der Waals surface area contributed by atoms with Gasteiger partial charge in [0.1, 0.15) is 0 Å². The summed E-state index contributed by atoms with van der Waals surface area (Å²) in [6, 6.07) is 0.374. The Bertz CT molecular complexity index is 278. The first-order chi connectivity index (χ1) is 9.28. The van der Waals surface area contributed by atoms with Crippen LogP contribution in [0.5, 0.6) is 0 Å². The van der Waals surface area contributed by atoms with Crippen LogP contribution in [0.3, 0.4) is 0 Å². The van der Waals surface area contributed by atoms with E-state index >= 15 is 0 Å². The number of hydrogen-bond donors (Lipinski definition) is 1. The summed E-state index contributed by atoms with van der Waals surface area (Å²) in [5.41, 5.74) is 6.61. The first-order valence-corrected chi connectivity index (χ1v) is 8.25. The minimum atomic E-state index is 0.333. The Morgan fingerprint density at radius 1 is 1.30 bits per heavy atom. The van der Waals surface area contributed by atoms with Gasteiger partial charge in [0, 0.05) is 32.8 Å². The molecule has 1 rings (SSSR count). The van der Waals surface area contributed by atoms with Crippen LogP contribution in [0.25, 0.3) is 0 Å². The number of rotatable bonds is 7. The fourth-order valence-electron chi connectivity index (χ4n) is 3.57. The van der Waals surface area contributed by atoms with Gasteiger partial charge in [-0.2, -0.15) is 0 Å². The second-order valence-corrected chi connectivity index (χ2v) is 7.69. The molecule has 3 heteroatoms. The summed E-state index contributed by atoms with van der Waals surface area (Å²) in [5, 5.41) is 0. The molecule has 1 aliphatic carbocycles. The number of ether oxygens (including phenoxy) is 1. The zero-order valence-electron chi connectivity index (χ0n) is 14.5. The Hall–Kier alpha value is -0.120. The number of nitrogens with two attached hydrogens (primary N) is 1. The molecular formula is C17H36N2O. The monoisotopic (exact) mass is 284 g/mol. The van der Waals surface area contributed by atoms with Crippen LogP contribution in [-0.4, -0.2) is 44.3 Å². The maximum Gasteiger partial charge on any atom is 0.0589 e. The molecule has 0 bridgehead atoms. The van der Waals surface area contributed by atoms with Crippen LogP contribution < -0.4 is 5.73 Å². The molecule has 1 saturated carbocycles. The molecule has 0 aliphatic heterocycles. The molecule has 3 nitrogen and oxygen atoms in total.